The minimum Gasteiger partial charge on any atom is -0.493 e. The zero-order chi connectivity index (χ0) is 13.1. The van der Waals surface area contributed by atoms with Gasteiger partial charge in [0.15, 0.2) is 0 Å². The number of nitrogens with one attached hydrogen (secondary N) is 1. The zero-order valence-electron chi connectivity index (χ0n) is 12.0. The summed E-state index contributed by atoms with van der Waals surface area (Å²) >= 11 is 0. The quantitative estimate of drug-likeness (QED) is 0.867. The number of hydrogen-bond acceptors (Lipinski definition) is 2. The van der Waals surface area contributed by atoms with Gasteiger partial charge in [-0.1, -0.05) is 37.8 Å². The highest BCUT2D eigenvalue weighted by Gasteiger charge is 2.16. The van der Waals surface area contributed by atoms with Crippen molar-refractivity contribution in [1.29, 1.82) is 0 Å². The van der Waals surface area contributed by atoms with Crippen molar-refractivity contribution in [3.63, 3.8) is 0 Å². The molecule has 19 heavy (non-hydrogen) atoms. The second-order valence-corrected chi connectivity index (χ2v) is 6.08. The lowest BCUT2D eigenvalue weighted by molar-refractivity contribution is 0.356. The van der Waals surface area contributed by atoms with E-state index in [9.17, 15) is 0 Å². The van der Waals surface area contributed by atoms with Gasteiger partial charge in [0.1, 0.15) is 5.75 Å². The van der Waals surface area contributed by atoms with Crippen LogP contribution in [0.15, 0.2) is 18.2 Å². The highest BCUT2D eigenvalue weighted by molar-refractivity contribution is 5.40. The molecule has 1 saturated carbocycles. The van der Waals surface area contributed by atoms with Crippen molar-refractivity contribution in [2.75, 3.05) is 13.2 Å². The van der Waals surface area contributed by atoms with Crippen LogP contribution in [0, 0.1) is 5.92 Å². The molecule has 1 N–H and O–H groups in total. The molecule has 0 saturated heterocycles. The van der Waals surface area contributed by atoms with Crippen LogP contribution in [-0.2, 0) is 6.42 Å². The monoisotopic (exact) mass is 259 g/mol. The summed E-state index contributed by atoms with van der Waals surface area (Å²) < 4.78 is 5.56. The summed E-state index contributed by atoms with van der Waals surface area (Å²) in [5.41, 5.74) is 2.78. The van der Waals surface area contributed by atoms with Gasteiger partial charge in [0.2, 0.25) is 0 Å². The van der Waals surface area contributed by atoms with Gasteiger partial charge in [0, 0.05) is 12.5 Å². The first-order chi connectivity index (χ1) is 9.33. The average Bonchev–Trinajstić information content (AvgIpc) is 3.08. The van der Waals surface area contributed by atoms with Crippen LogP contribution in [0.1, 0.15) is 56.2 Å². The van der Waals surface area contributed by atoms with Crippen molar-refractivity contribution in [1.82, 2.24) is 5.32 Å². The first-order valence-corrected chi connectivity index (χ1v) is 7.82. The van der Waals surface area contributed by atoms with E-state index >= 15 is 0 Å². The molecule has 1 aromatic carbocycles. The Morgan fingerprint density at radius 1 is 1.32 bits per heavy atom. The molecule has 0 bridgehead atoms. The minimum atomic E-state index is 0.451. The van der Waals surface area contributed by atoms with Gasteiger partial charge in [0.25, 0.3) is 0 Å². The van der Waals surface area contributed by atoms with E-state index in [2.05, 4.69) is 30.4 Å². The Hall–Kier alpha value is -1.02. The lowest BCUT2D eigenvalue weighted by Gasteiger charge is -2.17. The van der Waals surface area contributed by atoms with Gasteiger partial charge >= 0.3 is 0 Å². The van der Waals surface area contributed by atoms with Gasteiger partial charge in [-0.15, -0.1) is 0 Å². The summed E-state index contributed by atoms with van der Waals surface area (Å²) in [6, 6.07) is 7.10. The van der Waals surface area contributed by atoms with Crippen LogP contribution >= 0.6 is 0 Å². The van der Waals surface area contributed by atoms with E-state index in [4.69, 9.17) is 4.74 Å². The Morgan fingerprint density at radius 3 is 3.00 bits per heavy atom. The van der Waals surface area contributed by atoms with Crippen LogP contribution in [0.4, 0.5) is 0 Å². The van der Waals surface area contributed by atoms with E-state index in [1.807, 2.05) is 0 Å². The molecule has 1 fully saturated rings. The first-order valence-electron chi connectivity index (χ1n) is 7.82. The fraction of sp³-hybridized carbons (Fsp3) is 0.647. The van der Waals surface area contributed by atoms with E-state index in [1.54, 1.807) is 0 Å². The summed E-state index contributed by atoms with van der Waals surface area (Å²) in [6.07, 6.45) is 8.21. The maximum Gasteiger partial charge on any atom is 0.122 e. The molecule has 1 unspecified atom stereocenters. The van der Waals surface area contributed by atoms with Gasteiger partial charge < -0.3 is 10.1 Å². The molecule has 2 aliphatic rings. The van der Waals surface area contributed by atoms with Crippen LogP contribution in [0.5, 0.6) is 5.75 Å². The van der Waals surface area contributed by atoms with Crippen molar-refractivity contribution in [2.24, 2.45) is 5.92 Å². The van der Waals surface area contributed by atoms with E-state index in [-0.39, 0.29) is 0 Å². The molecule has 1 atom stereocenters. The normalized spacial score (nSPS) is 20.3. The maximum atomic E-state index is 5.56. The maximum absolute atomic E-state index is 5.56. The third-order valence-electron chi connectivity index (χ3n) is 4.69. The largest absolute Gasteiger partial charge is 0.493 e. The van der Waals surface area contributed by atoms with Gasteiger partial charge in [-0.2, -0.15) is 0 Å². The molecule has 2 nitrogen and oxygen atoms in total. The number of fused-ring (bicyclic) bond motifs is 1. The Labute approximate surface area is 116 Å². The molecule has 1 aliphatic carbocycles. The molecule has 1 aromatic rings. The Balaban J connectivity index is 1.50. The molecular weight excluding hydrogens is 234 g/mol. The third kappa shape index (κ3) is 3.11. The van der Waals surface area contributed by atoms with Crippen LogP contribution < -0.4 is 10.1 Å². The smallest absolute Gasteiger partial charge is 0.122 e. The number of ether oxygens (including phenoxy) is 1. The minimum absolute atomic E-state index is 0.451. The second kappa shape index (κ2) is 5.96. The molecule has 0 spiro atoms. The van der Waals surface area contributed by atoms with Gasteiger partial charge in [-0.25, -0.2) is 0 Å². The van der Waals surface area contributed by atoms with Crippen molar-refractivity contribution in [3.05, 3.63) is 29.3 Å². The number of hydrogen-bond donors (Lipinski definition) is 1. The van der Waals surface area contributed by atoms with Crippen LogP contribution in [-0.4, -0.2) is 13.2 Å². The molecule has 0 radical (unpaired) electrons. The summed E-state index contributed by atoms with van der Waals surface area (Å²) in [5.74, 6) is 2.06. The summed E-state index contributed by atoms with van der Waals surface area (Å²) in [4.78, 5) is 0. The van der Waals surface area contributed by atoms with Crippen LogP contribution in [0.25, 0.3) is 0 Å². The van der Waals surface area contributed by atoms with Gasteiger partial charge in [0.05, 0.1) is 6.61 Å². The fourth-order valence-corrected chi connectivity index (χ4v) is 3.40. The summed E-state index contributed by atoms with van der Waals surface area (Å²) in [6.45, 7) is 4.27. The second-order valence-electron chi connectivity index (χ2n) is 6.08. The van der Waals surface area contributed by atoms with Crippen molar-refractivity contribution >= 4 is 0 Å². The van der Waals surface area contributed by atoms with Crippen molar-refractivity contribution in [2.45, 2.75) is 51.5 Å². The Kier molecular flexibility index (Phi) is 4.07. The first kappa shape index (κ1) is 13.0. The highest BCUT2D eigenvalue weighted by atomic mass is 16.5. The van der Waals surface area contributed by atoms with E-state index in [1.165, 1.54) is 43.2 Å². The molecule has 0 amide bonds. The van der Waals surface area contributed by atoms with Crippen molar-refractivity contribution < 1.29 is 4.74 Å². The average molecular weight is 259 g/mol. The SMILES string of the molecule is CC(NCCC1CCCC1)c1ccc2c(c1)CCO2. The van der Waals surface area contributed by atoms with Gasteiger partial charge in [-0.3, -0.25) is 0 Å². The predicted octanol–water partition coefficient (Wildman–Crippen LogP) is 3.85. The zero-order valence-corrected chi connectivity index (χ0v) is 12.0. The van der Waals surface area contributed by atoms with Gasteiger partial charge in [-0.05, 0) is 43.0 Å². The predicted molar refractivity (Wildman–Crippen MR) is 78.6 cm³/mol. The van der Waals surface area contributed by atoms with Crippen LogP contribution in [0.3, 0.4) is 0 Å². The number of rotatable bonds is 5. The van der Waals surface area contributed by atoms with E-state index in [0.29, 0.717) is 6.04 Å². The van der Waals surface area contributed by atoms with E-state index < -0.39 is 0 Å². The summed E-state index contributed by atoms with van der Waals surface area (Å²) in [7, 11) is 0. The topological polar surface area (TPSA) is 21.3 Å². The number of benzene rings is 1. The fourth-order valence-electron chi connectivity index (χ4n) is 3.40. The Bertz CT molecular complexity index is 423. The molecular formula is C17H25NO. The highest BCUT2D eigenvalue weighted by Crippen LogP contribution is 2.29. The molecule has 2 heteroatoms. The standard InChI is InChI=1S/C17H25NO/c1-13(18-10-8-14-4-2-3-5-14)15-6-7-17-16(12-15)9-11-19-17/h6-7,12-14,18H,2-5,8-11H2,1H3. The van der Waals surface area contributed by atoms with E-state index in [0.717, 1.165) is 31.2 Å². The van der Waals surface area contributed by atoms with Crippen molar-refractivity contribution in [3.8, 4) is 5.75 Å². The molecule has 1 heterocycles. The Morgan fingerprint density at radius 2 is 2.16 bits per heavy atom. The molecule has 3 rings (SSSR count). The van der Waals surface area contributed by atoms with Crippen LogP contribution in [0.2, 0.25) is 0 Å². The lowest BCUT2D eigenvalue weighted by atomic mass is 10.0. The molecule has 1 aliphatic heterocycles. The lowest BCUT2D eigenvalue weighted by Crippen LogP contribution is -2.21. The summed E-state index contributed by atoms with van der Waals surface area (Å²) in [5, 5.41) is 3.68. The third-order valence-corrected chi connectivity index (χ3v) is 4.69. The molecule has 0 aromatic heterocycles. The molecule has 104 valence electrons.